The third-order valence-corrected chi connectivity index (χ3v) is 4.48. The predicted molar refractivity (Wildman–Crippen MR) is 54.7 cm³/mol. The molecule has 74 valence electrons. The Kier molecular flexibility index (Phi) is 1.74. The van der Waals surface area contributed by atoms with Crippen LogP contribution >= 0.6 is 0 Å². The maximum absolute atomic E-state index is 2.74. The zero-order valence-corrected chi connectivity index (χ0v) is 8.76. The predicted octanol–water partition coefficient (Wildman–Crippen LogP) is 2.66. The van der Waals surface area contributed by atoms with Crippen molar-refractivity contribution in [2.75, 3.05) is 13.1 Å². The van der Waals surface area contributed by atoms with Crippen LogP contribution in [-0.4, -0.2) is 24.0 Å². The van der Waals surface area contributed by atoms with E-state index in [1.807, 2.05) is 0 Å². The average Bonchev–Trinajstić information content (AvgIpc) is 2.86. The Hall–Kier alpha value is -0.0400. The molecule has 0 aromatic heterocycles. The topological polar surface area (TPSA) is 3.24 Å². The molecule has 1 heterocycles. The first-order chi connectivity index (χ1) is 6.27. The number of rotatable bonds is 1. The van der Waals surface area contributed by atoms with Crippen LogP contribution in [0.25, 0.3) is 0 Å². The fraction of sp³-hybridized carbons (Fsp3) is 1.00. The zero-order chi connectivity index (χ0) is 8.89. The standard InChI is InChI=1S/C12H21N/c1-10-8-12(9-10)4-6-13(7-5-12)11-2-3-11/h10-11H,2-9H2,1H3. The molecule has 0 radical (unpaired) electrons. The Morgan fingerprint density at radius 3 is 2.15 bits per heavy atom. The first-order valence-corrected chi connectivity index (χ1v) is 6.02. The third-order valence-electron chi connectivity index (χ3n) is 4.48. The molecule has 3 rings (SSSR count). The van der Waals surface area contributed by atoms with Crippen LogP contribution in [-0.2, 0) is 0 Å². The quantitative estimate of drug-likeness (QED) is 0.598. The van der Waals surface area contributed by atoms with Gasteiger partial charge in [-0.3, -0.25) is 0 Å². The molecule has 1 spiro atoms. The molecule has 0 bridgehead atoms. The van der Waals surface area contributed by atoms with E-state index in [4.69, 9.17) is 0 Å². The Morgan fingerprint density at radius 2 is 1.69 bits per heavy atom. The van der Waals surface area contributed by atoms with Crippen molar-refractivity contribution in [3.63, 3.8) is 0 Å². The molecule has 0 N–H and O–H groups in total. The van der Waals surface area contributed by atoms with E-state index >= 15 is 0 Å². The van der Waals surface area contributed by atoms with Gasteiger partial charge in [0.25, 0.3) is 0 Å². The zero-order valence-electron chi connectivity index (χ0n) is 8.76. The Labute approximate surface area is 81.5 Å². The Morgan fingerprint density at radius 1 is 1.08 bits per heavy atom. The van der Waals surface area contributed by atoms with Crippen LogP contribution < -0.4 is 0 Å². The van der Waals surface area contributed by atoms with Gasteiger partial charge in [0.1, 0.15) is 0 Å². The van der Waals surface area contributed by atoms with Crippen molar-refractivity contribution in [3.8, 4) is 0 Å². The van der Waals surface area contributed by atoms with E-state index in [-0.39, 0.29) is 0 Å². The van der Waals surface area contributed by atoms with Crippen molar-refractivity contribution in [2.45, 2.75) is 51.5 Å². The van der Waals surface area contributed by atoms with Gasteiger partial charge in [0, 0.05) is 6.04 Å². The minimum atomic E-state index is 0.824. The average molecular weight is 179 g/mol. The molecule has 13 heavy (non-hydrogen) atoms. The summed E-state index contributed by atoms with van der Waals surface area (Å²) in [4.78, 5) is 2.74. The molecule has 2 saturated carbocycles. The molecule has 2 aliphatic carbocycles. The van der Waals surface area contributed by atoms with Crippen LogP contribution in [0.5, 0.6) is 0 Å². The van der Waals surface area contributed by atoms with E-state index < -0.39 is 0 Å². The van der Waals surface area contributed by atoms with Gasteiger partial charge in [-0.1, -0.05) is 6.92 Å². The highest BCUT2D eigenvalue weighted by atomic mass is 15.2. The summed E-state index contributed by atoms with van der Waals surface area (Å²) >= 11 is 0. The van der Waals surface area contributed by atoms with Gasteiger partial charge >= 0.3 is 0 Å². The summed E-state index contributed by atoms with van der Waals surface area (Å²) < 4.78 is 0. The van der Waals surface area contributed by atoms with Crippen molar-refractivity contribution < 1.29 is 0 Å². The molecule has 0 atom stereocenters. The van der Waals surface area contributed by atoms with Crippen molar-refractivity contribution >= 4 is 0 Å². The fourth-order valence-corrected chi connectivity index (χ4v) is 3.63. The molecular formula is C12H21N. The summed E-state index contributed by atoms with van der Waals surface area (Å²) in [6, 6.07) is 1.01. The molecule has 0 unspecified atom stereocenters. The minimum Gasteiger partial charge on any atom is -0.300 e. The monoisotopic (exact) mass is 179 g/mol. The van der Waals surface area contributed by atoms with Gasteiger partial charge in [-0.05, 0) is 62.9 Å². The number of hydrogen-bond acceptors (Lipinski definition) is 1. The third kappa shape index (κ3) is 1.41. The van der Waals surface area contributed by atoms with Crippen molar-refractivity contribution in [1.82, 2.24) is 4.90 Å². The molecule has 3 fully saturated rings. The Bertz CT molecular complexity index is 191. The number of piperidine rings is 1. The Balaban J connectivity index is 1.55. The van der Waals surface area contributed by atoms with Crippen molar-refractivity contribution in [1.29, 1.82) is 0 Å². The fourth-order valence-electron chi connectivity index (χ4n) is 3.63. The lowest BCUT2D eigenvalue weighted by molar-refractivity contribution is -0.00797. The summed E-state index contributed by atoms with van der Waals surface area (Å²) in [6.45, 7) is 5.24. The second kappa shape index (κ2) is 2.73. The SMILES string of the molecule is CC1CC2(CCN(C3CC3)CC2)C1. The largest absolute Gasteiger partial charge is 0.300 e. The summed E-state index contributed by atoms with van der Waals surface area (Å²) in [6.07, 6.45) is 9.06. The molecule has 1 aliphatic heterocycles. The molecule has 0 aromatic rings. The molecule has 3 aliphatic rings. The maximum Gasteiger partial charge on any atom is 0.00964 e. The lowest BCUT2D eigenvalue weighted by Crippen LogP contribution is -2.47. The highest BCUT2D eigenvalue weighted by molar-refractivity contribution is 4.98. The molecule has 1 nitrogen and oxygen atoms in total. The van der Waals surface area contributed by atoms with E-state index in [0.29, 0.717) is 0 Å². The van der Waals surface area contributed by atoms with Gasteiger partial charge in [-0.25, -0.2) is 0 Å². The van der Waals surface area contributed by atoms with E-state index in [9.17, 15) is 0 Å². The van der Waals surface area contributed by atoms with Crippen molar-refractivity contribution in [2.24, 2.45) is 11.3 Å². The smallest absolute Gasteiger partial charge is 0.00964 e. The van der Waals surface area contributed by atoms with Crippen LogP contribution in [0.3, 0.4) is 0 Å². The highest BCUT2D eigenvalue weighted by Gasteiger charge is 2.45. The van der Waals surface area contributed by atoms with E-state index in [0.717, 1.165) is 17.4 Å². The van der Waals surface area contributed by atoms with Gasteiger partial charge in [0.2, 0.25) is 0 Å². The lowest BCUT2D eigenvalue weighted by atomic mass is 9.58. The van der Waals surface area contributed by atoms with Gasteiger partial charge in [-0.2, -0.15) is 0 Å². The molecule has 1 saturated heterocycles. The second-order valence-electron chi connectivity index (χ2n) is 5.78. The number of likely N-dealkylation sites (tertiary alicyclic amines) is 1. The number of hydrogen-bond donors (Lipinski definition) is 0. The maximum atomic E-state index is 2.74. The summed E-state index contributed by atoms with van der Waals surface area (Å²) in [5.41, 5.74) is 0.824. The summed E-state index contributed by atoms with van der Waals surface area (Å²) in [5, 5.41) is 0. The first-order valence-electron chi connectivity index (χ1n) is 6.02. The van der Waals surface area contributed by atoms with Gasteiger partial charge in [0.05, 0.1) is 0 Å². The number of nitrogens with zero attached hydrogens (tertiary/aromatic N) is 1. The summed E-state index contributed by atoms with van der Waals surface area (Å²) in [5.74, 6) is 1.03. The first kappa shape index (κ1) is 8.28. The van der Waals surface area contributed by atoms with Gasteiger partial charge < -0.3 is 4.90 Å². The molecule has 1 heteroatoms. The van der Waals surface area contributed by atoms with Crippen LogP contribution in [0, 0.1) is 11.3 Å². The molecule has 0 amide bonds. The van der Waals surface area contributed by atoms with Crippen LogP contribution in [0.4, 0.5) is 0 Å². The van der Waals surface area contributed by atoms with Gasteiger partial charge in [-0.15, -0.1) is 0 Å². The lowest BCUT2D eigenvalue weighted by Gasteiger charge is -2.51. The van der Waals surface area contributed by atoms with Crippen LogP contribution in [0.2, 0.25) is 0 Å². The molecule has 0 aromatic carbocycles. The molecular weight excluding hydrogens is 158 g/mol. The van der Waals surface area contributed by atoms with E-state index in [1.54, 1.807) is 0 Å². The normalized spacial score (nSPS) is 34.8. The van der Waals surface area contributed by atoms with Crippen LogP contribution in [0.1, 0.15) is 45.4 Å². The summed E-state index contributed by atoms with van der Waals surface area (Å²) in [7, 11) is 0. The van der Waals surface area contributed by atoms with Gasteiger partial charge in [0.15, 0.2) is 0 Å². The van der Waals surface area contributed by atoms with E-state index in [1.165, 1.54) is 51.6 Å². The van der Waals surface area contributed by atoms with Crippen molar-refractivity contribution in [3.05, 3.63) is 0 Å². The second-order valence-corrected chi connectivity index (χ2v) is 5.78. The van der Waals surface area contributed by atoms with E-state index in [2.05, 4.69) is 11.8 Å². The highest BCUT2D eigenvalue weighted by Crippen LogP contribution is 2.53. The minimum absolute atomic E-state index is 0.824. The van der Waals surface area contributed by atoms with Crippen LogP contribution in [0.15, 0.2) is 0 Å².